The van der Waals surface area contributed by atoms with Crippen LogP contribution in [0.2, 0.25) is 0 Å². The van der Waals surface area contributed by atoms with Crippen molar-refractivity contribution in [1.82, 2.24) is 9.88 Å². The molecular formula is C13H20N2O3. The van der Waals surface area contributed by atoms with Crippen molar-refractivity contribution in [2.45, 2.75) is 33.2 Å². The number of aliphatic carboxylic acids is 1. The van der Waals surface area contributed by atoms with Gasteiger partial charge in [0, 0.05) is 25.4 Å². The van der Waals surface area contributed by atoms with Crippen molar-refractivity contribution in [1.29, 1.82) is 0 Å². The molecule has 0 aliphatic carbocycles. The molecule has 100 valence electrons. The molecule has 1 heterocycles. The van der Waals surface area contributed by atoms with E-state index in [0.29, 0.717) is 6.54 Å². The summed E-state index contributed by atoms with van der Waals surface area (Å²) in [5, 5.41) is 11.5. The molecule has 1 aromatic heterocycles. The van der Waals surface area contributed by atoms with Crippen LogP contribution in [0.5, 0.6) is 0 Å². The molecule has 0 fully saturated rings. The number of nitrogens with one attached hydrogen (secondary N) is 1. The van der Waals surface area contributed by atoms with Crippen LogP contribution in [-0.4, -0.2) is 21.6 Å². The van der Waals surface area contributed by atoms with Gasteiger partial charge >= 0.3 is 5.97 Å². The van der Waals surface area contributed by atoms with Gasteiger partial charge in [-0.05, 0) is 17.5 Å². The lowest BCUT2D eigenvalue weighted by Crippen LogP contribution is -2.30. The number of carboxylic acids is 1. The Morgan fingerprint density at radius 1 is 1.39 bits per heavy atom. The van der Waals surface area contributed by atoms with Gasteiger partial charge in [-0.2, -0.15) is 0 Å². The zero-order valence-electron chi connectivity index (χ0n) is 11.1. The summed E-state index contributed by atoms with van der Waals surface area (Å²) in [7, 11) is 1.91. The van der Waals surface area contributed by atoms with Gasteiger partial charge in [0.05, 0.1) is 13.0 Å². The van der Waals surface area contributed by atoms with Crippen molar-refractivity contribution in [3.05, 3.63) is 24.0 Å². The standard InChI is InChI=1S/C13H20N2O3/c1-13(2,8-12(17)18)7-11(16)14-9-10-5-4-6-15(10)3/h4-6H,7-9H2,1-3H3,(H,14,16)(H,17,18). The highest BCUT2D eigenvalue weighted by Gasteiger charge is 2.25. The molecule has 1 aromatic rings. The molecule has 5 heteroatoms. The normalized spacial score (nSPS) is 11.3. The maximum atomic E-state index is 11.7. The largest absolute Gasteiger partial charge is 0.481 e. The SMILES string of the molecule is Cn1cccc1CNC(=O)CC(C)(C)CC(=O)O. The van der Waals surface area contributed by atoms with Crippen molar-refractivity contribution < 1.29 is 14.7 Å². The number of aromatic nitrogens is 1. The van der Waals surface area contributed by atoms with E-state index < -0.39 is 11.4 Å². The first kappa shape index (κ1) is 14.3. The van der Waals surface area contributed by atoms with Crippen molar-refractivity contribution in [3.8, 4) is 0 Å². The van der Waals surface area contributed by atoms with Crippen LogP contribution in [0.25, 0.3) is 0 Å². The highest BCUT2D eigenvalue weighted by atomic mass is 16.4. The summed E-state index contributed by atoms with van der Waals surface area (Å²) in [6.07, 6.45) is 2.12. The fourth-order valence-corrected chi connectivity index (χ4v) is 1.84. The van der Waals surface area contributed by atoms with E-state index in [4.69, 9.17) is 5.11 Å². The molecule has 1 rings (SSSR count). The number of carboxylic acid groups (broad SMARTS) is 1. The number of carbonyl (C=O) groups excluding carboxylic acids is 1. The Hall–Kier alpha value is -1.78. The highest BCUT2D eigenvalue weighted by Crippen LogP contribution is 2.24. The van der Waals surface area contributed by atoms with E-state index in [9.17, 15) is 9.59 Å². The zero-order chi connectivity index (χ0) is 13.8. The molecule has 0 bridgehead atoms. The van der Waals surface area contributed by atoms with Gasteiger partial charge in [-0.1, -0.05) is 13.8 Å². The first-order chi connectivity index (χ1) is 8.30. The van der Waals surface area contributed by atoms with Crippen LogP contribution >= 0.6 is 0 Å². The van der Waals surface area contributed by atoms with E-state index in [1.807, 2.05) is 29.9 Å². The summed E-state index contributed by atoms with van der Waals surface area (Å²) in [4.78, 5) is 22.4. The maximum absolute atomic E-state index is 11.7. The Labute approximate surface area is 107 Å². The predicted molar refractivity (Wildman–Crippen MR) is 67.9 cm³/mol. The maximum Gasteiger partial charge on any atom is 0.303 e. The molecule has 0 aliphatic heterocycles. The number of hydrogen-bond donors (Lipinski definition) is 2. The molecule has 5 nitrogen and oxygen atoms in total. The van der Waals surface area contributed by atoms with Crippen LogP contribution < -0.4 is 5.32 Å². The zero-order valence-corrected chi connectivity index (χ0v) is 11.1. The lowest BCUT2D eigenvalue weighted by Gasteiger charge is -2.21. The minimum absolute atomic E-state index is 0.00935. The van der Waals surface area contributed by atoms with E-state index in [-0.39, 0.29) is 18.7 Å². The molecule has 0 aliphatic rings. The van der Waals surface area contributed by atoms with Crippen LogP contribution in [0.15, 0.2) is 18.3 Å². The van der Waals surface area contributed by atoms with Gasteiger partial charge in [0.2, 0.25) is 5.91 Å². The van der Waals surface area contributed by atoms with Crippen LogP contribution in [0.4, 0.5) is 0 Å². The fourth-order valence-electron chi connectivity index (χ4n) is 1.84. The number of rotatable bonds is 6. The highest BCUT2D eigenvalue weighted by molar-refractivity contribution is 5.77. The van der Waals surface area contributed by atoms with Gasteiger partial charge in [-0.15, -0.1) is 0 Å². The van der Waals surface area contributed by atoms with Gasteiger partial charge in [0.1, 0.15) is 0 Å². The summed E-state index contributed by atoms with van der Waals surface area (Å²) in [6.45, 7) is 4.03. The molecule has 0 spiro atoms. The summed E-state index contributed by atoms with van der Waals surface area (Å²) in [6, 6.07) is 3.85. The van der Waals surface area contributed by atoms with E-state index in [1.165, 1.54) is 0 Å². The smallest absolute Gasteiger partial charge is 0.303 e. The second kappa shape index (κ2) is 5.71. The van der Waals surface area contributed by atoms with Crippen LogP contribution in [0.1, 0.15) is 32.4 Å². The molecule has 0 aromatic carbocycles. The third-order valence-corrected chi connectivity index (χ3v) is 2.79. The lowest BCUT2D eigenvalue weighted by atomic mass is 9.85. The monoisotopic (exact) mass is 252 g/mol. The van der Waals surface area contributed by atoms with Crippen molar-refractivity contribution in [2.24, 2.45) is 12.5 Å². The van der Waals surface area contributed by atoms with E-state index in [0.717, 1.165) is 5.69 Å². The van der Waals surface area contributed by atoms with Crippen molar-refractivity contribution in [3.63, 3.8) is 0 Å². The molecule has 18 heavy (non-hydrogen) atoms. The van der Waals surface area contributed by atoms with Gasteiger partial charge < -0.3 is 15.0 Å². The van der Waals surface area contributed by atoms with Gasteiger partial charge in [0.15, 0.2) is 0 Å². The van der Waals surface area contributed by atoms with Gasteiger partial charge in [0.25, 0.3) is 0 Å². The molecule has 2 N–H and O–H groups in total. The quantitative estimate of drug-likeness (QED) is 0.806. The predicted octanol–water partition coefficient (Wildman–Crippen LogP) is 1.53. The Balaban J connectivity index is 2.42. The Morgan fingerprint density at radius 2 is 2.06 bits per heavy atom. The molecular weight excluding hydrogens is 232 g/mol. The summed E-state index contributed by atoms with van der Waals surface area (Å²) in [5.74, 6) is -1.00. The first-order valence-electron chi connectivity index (χ1n) is 5.89. The summed E-state index contributed by atoms with van der Waals surface area (Å²) in [5.41, 5.74) is 0.490. The number of nitrogens with zero attached hydrogens (tertiary/aromatic N) is 1. The Bertz CT molecular complexity index is 435. The first-order valence-corrected chi connectivity index (χ1v) is 5.89. The fraction of sp³-hybridized carbons (Fsp3) is 0.538. The van der Waals surface area contributed by atoms with Gasteiger partial charge in [-0.3, -0.25) is 9.59 Å². The Kier molecular flexibility index (Phi) is 4.53. The molecule has 0 saturated heterocycles. The molecule has 0 saturated carbocycles. The average Bonchev–Trinajstić information content (AvgIpc) is 2.58. The average molecular weight is 252 g/mol. The molecule has 1 amide bonds. The topological polar surface area (TPSA) is 71.3 Å². The number of carbonyl (C=O) groups is 2. The second-order valence-corrected chi connectivity index (χ2v) is 5.30. The van der Waals surface area contributed by atoms with E-state index in [2.05, 4.69) is 5.32 Å². The Morgan fingerprint density at radius 3 is 2.56 bits per heavy atom. The molecule has 0 atom stereocenters. The van der Waals surface area contributed by atoms with Crippen LogP contribution in [-0.2, 0) is 23.2 Å². The van der Waals surface area contributed by atoms with Gasteiger partial charge in [-0.25, -0.2) is 0 Å². The molecule has 0 radical (unpaired) electrons. The summed E-state index contributed by atoms with van der Waals surface area (Å²) >= 11 is 0. The number of hydrogen-bond acceptors (Lipinski definition) is 2. The van der Waals surface area contributed by atoms with Crippen molar-refractivity contribution in [2.75, 3.05) is 0 Å². The third kappa shape index (κ3) is 4.61. The third-order valence-electron chi connectivity index (χ3n) is 2.79. The van der Waals surface area contributed by atoms with E-state index >= 15 is 0 Å². The van der Waals surface area contributed by atoms with E-state index in [1.54, 1.807) is 13.8 Å². The minimum Gasteiger partial charge on any atom is -0.481 e. The van der Waals surface area contributed by atoms with Crippen LogP contribution in [0, 0.1) is 5.41 Å². The van der Waals surface area contributed by atoms with Crippen molar-refractivity contribution >= 4 is 11.9 Å². The number of aryl methyl sites for hydroxylation is 1. The lowest BCUT2D eigenvalue weighted by molar-refractivity contribution is -0.139. The summed E-state index contributed by atoms with van der Waals surface area (Å²) < 4.78 is 1.93. The number of amides is 1. The molecule has 0 unspecified atom stereocenters. The van der Waals surface area contributed by atoms with Crippen LogP contribution in [0.3, 0.4) is 0 Å². The minimum atomic E-state index is -0.879. The second-order valence-electron chi connectivity index (χ2n) is 5.30.